The fourth-order valence-corrected chi connectivity index (χ4v) is 7.47. The number of piperazine rings is 1. The van der Waals surface area contributed by atoms with Gasteiger partial charge in [-0.1, -0.05) is 18.2 Å². The number of nitrogens with one attached hydrogen (secondary N) is 2. The molecule has 2 bridgehead atoms. The number of para-hydroxylation sites is 1. The van der Waals surface area contributed by atoms with Crippen molar-refractivity contribution < 1.29 is 9.47 Å². The van der Waals surface area contributed by atoms with Gasteiger partial charge in [0.05, 0.1) is 35.6 Å². The van der Waals surface area contributed by atoms with E-state index in [-0.39, 0.29) is 30.1 Å². The molecule has 4 aromatic rings. The van der Waals surface area contributed by atoms with Gasteiger partial charge < -0.3 is 19.7 Å². The number of ether oxygens (including phenoxy) is 2. The summed E-state index contributed by atoms with van der Waals surface area (Å²) in [5.41, 5.74) is 5.36. The molecule has 2 N–H and O–H groups in total. The van der Waals surface area contributed by atoms with E-state index in [2.05, 4.69) is 52.6 Å². The van der Waals surface area contributed by atoms with Gasteiger partial charge in [0.25, 0.3) is 0 Å². The molecule has 3 saturated heterocycles. The van der Waals surface area contributed by atoms with Gasteiger partial charge in [-0.3, -0.25) is 5.10 Å². The van der Waals surface area contributed by atoms with Gasteiger partial charge in [0, 0.05) is 35.3 Å². The maximum Gasteiger partial charge on any atom is 0.317 e. The lowest BCUT2D eigenvalue weighted by atomic mass is 9.68. The minimum Gasteiger partial charge on any atom is -0.488 e. The smallest absolute Gasteiger partial charge is 0.317 e. The number of likely N-dealkylation sites (N-methyl/N-ethyl adjacent to an activating group) is 1. The van der Waals surface area contributed by atoms with E-state index in [0.29, 0.717) is 18.7 Å². The third-order valence-corrected chi connectivity index (χ3v) is 9.85. The maximum atomic E-state index is 7.01. The monoisotopic (exact) mass is 559 g/mol. The molecule has 0 amide bonds. The lowest BCUT2D eigenvalue weighted by molar-refractivity contribution is 0.00214. The Labute approximate surface area is 238 Å². The minimum absolute atomic E-state index is 0.0135. The van der Waals surface area contributed by atoms with Crippen molar-refractivity contribution in [1.29, 1.82) is 0 Å². The number of halogens is 1. The predicted octanol–water partition coefficient (Wildman–Crippen LogP) is 4.46. The fourth-order valence-electron chi connectivity index (χ4n) is 7.05. The van der Waals surface area contributed by atoms with Crippen molar-refractivity contribution in [2.24, 2.45) is 0 Å². The number of aromatic nitrogens is 4. The zero-order valence-electron chi connectivity index (χ0n) is 22.8. The van der Waals surface area contributed by atoms with Gasteiger partial charge in [0.1, 0.15) is 17.9 Å². The van der Waals surface area contributed by atoms with Gasteiger partial charge in [-0.2, -0.15) is 15.1 Å². The van der Waals surface area contributed by atoms with E-state index < -0.39 is 0 Å². The number of rotatable bonds is 7. The van der Waals surface area contributed by atoms with Crippen molar-refractivity contribution >= 4 is 33.6 Å². The molecule has 2 aromatic heterocycles. The first-order valence-corrected chi connectivity index (χ1v) is 14.8. The molecule has 8 rings (SSSR count). The molecule has 4 aliphatic rings. The van der Waals surface area contributed by atoms with Crippen molar-refractivity contribution in [3.8, 4) is 11.8 Å². The summed E-state index contributed by atoms with van der Waals surface area (Å²) in [5, 5.41) is 13.4. The van der Waals surface area contributed by atoms with Crippen LogP contribution >= 0.6 is 11.8 Å². The van der Waals surface area contributed by atoms with Gasteiger partial charge in [-0.05, 0) is 81.2 Å². The number of fused-ring (bicyclic) bond motifs is 4. The quantitative estimate of drug-likeness (QED) is 0.321. The van der Waals surface area contributed by atoms with E-state index >= 15 is 0 Å². The van der Waals surface area contributed by atoms with Crippen LogP contribution in [0.1, 0.15) is 54.5 Å². The summed E-state index contributed by atoms with van der Waals surface area (Å²) in [5.74, 6) is 1.05. The average molecular weight is 560 g/mol. The SMILES string of the molecule is Cc1ccc2[nH]ncc2c1C1C2CNC(c3nc(OC[C@@H]4CCCN4C)nc4c(OC5CC5)cccc34)C1N2Cl. The van der Waals surface area contributed by atoms with Gasteiger partial charge in [0.15, 0.2) is 0 Å². The Hall–Kier alpha value is -2.98. The zero-order valence-corrected chi connectivity index (χ0v) is 23.6. The van der Waals surface area contributed by atoms with E-state index in [1.165, 1.54) is 22.9 Å². The molecule has 0 radical (unpaired) electrons. The largest absolute Gasteiger partial charge is 0.488 e. The van der Waals surface area contributed by atoms with Crippen LogP contribution in [-0.4, -0.2) is 80.5 Å². The van der Waals surface area contributed by atoms with Crippen molar-refractivity contribution in [2.45, 2.75) is 68.8 Å². The van der Waals surface area contributed by atoms with Crippen LogP contribution in [-0.2, 0) is 0 Å². The molecule has 3 aliphatic heterocycles. The van der Waals surface area contributed by atoms with Crippen molar-refractivity contribution in [1.82, 2.24) is 34.8 Å². The van der Waals surface area contributed by atoms with Crippen molar-refractivity contribution in [2.75, 3.05) is 26.7 Å². The Morgan fingerprint density at radius 3 is 2.80 bits per heavy atom. The summed E-state index contributed by atoms with van der Waals surface area (Å²) in [7, 11) is 2.16. The molecule has 40 heavy (non-hydrogen) atoms. The number of likely N-dealkylation sites (tertiary alicyclic amines) is 1. The molecule has 4 unspecified atom stereocenters. The third-order valence-electron chi connectivity index (χ3n) is 9.38. The van der Waals surface area contributed by atoms with Gasteiger partial charge in [-0.15, -0.1) is 0 Å². The lowest BCUT2D eigenvalue weighted by Crippen LogP contribution is -2.70. The summed E-state index contributed by atoms with van der Waals surface area (Å²) in [4.78, 5) is 12.4. The molecular formula is C30H34ClN7O2. The molecule has 9 nitrogen and oxygen atoms in total. The number of nitrogens with zero attached hydrogens (tertiary/aromatic N) is 5. The summed E-state index contributed by atoms with van der Waals surface area (Å²) >= 11 is 7.01. The number of hydrogen-bond acceptors (Lipinski definition) is 8. The maximum absolute atomic E-state index is 7.01. The number of H-pyrrole nitrogens is 1. The van der Waals surface area contributed by atoms with Crippen molar-refractivity contribution in [3.05, 3.63) is 53.3 Å². The van der Waals surface area contributed by atoms with Crippen LogP contribution in [0.15, 0.2) is 36.5 Å². The van der Waals surface area contributed by atoms with Crippen LogP contribution in [0.2, 0.25) is 0 Å². The van der Waals surface area contributed by atoms with Crippen LogP contribution in [0.3, 0.4) is 0 Å². The Morgan fingerprint density at radius 1 is 1.10 bits per heavy atom. The second-order valence-electron chi connectivity index (χ2n) is 11.9. The summed E-state index contributed by atoms with van der Waals surface area (Å²) in [6, 6.07) is 11.3. The Bertz CT molecular complexity index is 1590. The molecule has 208 valence electrons. The minimum atomic E-state index is -0.104. The fraction of sp³-hybridized carbons (Fsp3) is 0.500. The second kappa shape index (κ2) is 9.55. The van der Waals surface area contributed by atoms with Crippen LogP contribution in [0, 0.1) is 6.92 Å². The van der Waals surface area contributed by atoms with Gasteiger partial charge in [0.2, 0.25) is 0 Å². The lowest BCUT2D eigenvalue weighted by Gasteiger charge is -2.59. The van der Waals surface area contributed by atoms with E-state index in [9.17, 15) is 0 Å². The first-order valence-electron chi connectivity index (χ1n) is 14.5. The van der Waals surface area contributed by atoms with E-state index in [0.717, 1.165) is 60.2 Å². The summed E-state index contributed by atoms with van der Waals surface area (Å²) in [6.07, 6.45) is 6.70. The van der Waals surface area contributed by atoms with E-state index in [4.69, 9.17) is 31.2 Å². The Morgan fingerprint density at radius 2 is 2.00 bits per heavy atom. The molecule has 2 aromatic carbocycles. The highest BCUT2D eigenvalue weighted by atomic mass is 35.5. The summed E-state index contributed by atoms with van der Waals surface area (Å²) in [6.45, 7) is 4.62. The number of benzene rings is 2. The molecule has 1 aliphatic carbocycles. The summed E-state index contributed by atoms with van der Waals surface area (Å²) < 4.78 is 14.6. The first kappa shape index (κ1) is 24.8. The second-order valence-corrected chi connectivity index (χ2v) is 12.3. The number of aromatic amines is 1. The molecule has 5 atom stereocenters. The van der Waals surface area contributed by atoms with Crippen LogP contribution in [0.4, 0.5) is 0 Å². The normalized spacial score (nSPS) is 28.7. The number of aryl methyl sites for hydroxylation is 1. The predicted molar refractivity (Wildman–Crippen MR) is 154 cm³/mol. The molecule has 0 spiro atoms. The topological polar surface area (TPSA) is 91.4 Å². The van der Waals surface area contributed by atoms with Crippen LogP contribution < -0.4 is 14.8 Å². The Balaban J connectivity index is 1.21. The van der Waals surface area contributed by atoms with Crippen LogP contribution in [0.25, 0.3) is 21.8 Å². The molecule has 10 heteroatoms. The van der Waals surface area contributed by atoms with E-state index in [1.54, 1.807) is 0 Å². The van der Waals surface area contributed by atoms with Crippen molar-refractivity contribution in [3.63, 3.8) is 0 Å². The van der Waals surface area contributed by atoms with Crippen LogP contribution in [0.5, 0.6) is 11.8 Å². The Kier molecular flexibility index (Phi) is 5.92. The van der Waals surface area contributed by atoms with E-state index in [1.807, 2.05) is 22.7 Å². The highest BCUT2D eigenvalue weighted by Crippen LogP contribution is 2.53. The van der Waals surface area contributed by atoms with Gasteiger partial charge >= 0.3 is 6.01 Å². The standard InChI is InChI=1S/C30H34ClN7O2/c1-16-8-11-21-20(13-33-36-21)24(16)25-22-14-32-28(29(25)38(22)31)27-19-6-3-7-23(40-18-9-10-18)26(19)34-30(35-27)39-15-17-5-4-12-37(17)2/h3,6-8,11,13,17-18,22,25,28-29,32H,4-5,9-10,12,14-15H2,1-2H3,(H,33,36)/t17-,22?,25?,28?,29?/m0/s1. The highest BCUT2D eigenvalue weighted by molar-refractivity contribution is 6.14. The molecular weight excluding hydrogens is 526 g/mol. The molecule has 5 heterocycles. The highest BCUT2D eigenvalue weighted by Gasteiger charge is 2.57. The molecule has 4 fully saturated rings. The average Bonchev–Trinajstić information content (AvgIpc) is 3.49. The van der Waals surface area contributed by atoms with Gasteiger partial charge in [-0.25, -0.2) is 4.42 Å². The molecule has 1 saturated carbocycles. The first-order chi connectivity index (χ1) is 19.6. The number of hydrogen-bond donors (Lipinski definition) is 2. The third kappa shape index (κ3) is 3.97. The zero-order chi connectivity index (χ0) is 27.0. The number of piperidine rings is 1.